The molecule has 0 aliphatic rings. The average Bonchev–Trinajstić information content (AvgIpc) is 1.59. The molecular formula is C3H7ClNOPS. The topological polar surface area (TPSA) is 32.3 Å². The summed E-state index contributed by atoms with van der Waals surface area (Å²) in [7, 11) is 0. The second-order valence-electron chi connectivity index (χ2n) is 1.15. The van der Waals surface area contributed by atoms with Crippen molar-refractivity contribution >= 4 is 28.8 Å². The molecule has 1 unspecified atom stereocenters. The average molecular weight is 172 g/mol. The van der Waals surface area contributed by atoms with Crippen molar-refractivity contribution in [1.82, 2.24) is 5.09 Å². The van der Waals surface area contributed by atoms with Gasteiger partial charge in [0.25, 0.3) is 0 Å². The fraction of sp³-hybridized carbons (Fsp3) is 0.333. The zero-order valence-electron chi connectivity index (χ0n) is 4.17. The van der Waals surface area contributed by atoms with E-state index in [1.807, 2.05) is 0 Å². The first-order valence-corrected chi connectivity index (χ1v) is 5.61. The standard InChI is InChI=1S/C3H7ClNOPS/c1-2-3-5-7(4,6)8/h2H,1,3H2,(H2,5,6,8). The Balaban J connectivity index is 3.40. The van der Waals surface area contributed by atoms with Crippen LogP contribution >= 0.6 is 17.0 Å². The molecular weight excluding hydrogens is 165 g/mol. The lowest BCUT2D eigenvalue weighted by Crippen LogP contribution is -2.04. The number of hydrogen-bond donors (Lipinski definition) is 2. The maximum atomic E-state index is 8.68. The van der Waals surface area contributed by atoms with Gasteiger partial charge in [-0.25, -0.2) is 0 Å². The molecule has 0 saturated carbocycles. The fourth-order valence-electron chi connectivity index (χ4n) is 0.177. The summed E-state index contributed by atoms with van der Waals surface area (Å²) in [5, 5.41) is 2.50. The highest BCUT2D eigenvalue weighted by Gasteiger charge is 2.01. The van der Waals surface area contributed by atoms with E-state index in [0.29, 0.717) is 6.54 Å². The van der Waals surface area contributed by atoms with Crippen LogP contribution in [0.25, 0.3) is 0 Å². The van der Waals surface area contributed by atoms with Crippen LogP contribution in [0, 0.1) is 0 Å². The molecule has 1 atom stereocenters. The van der Waals surface area contributed by atoms with Gasteiger partial charge < -0.3 is 4.89 Å². The van der Waals surface area contributed by atoms with Gasteiger partial charge in [0.15, 0.2) is 0 Å². The van der Waals surface area contributed by atoms with E-state index in [9.17, 15) is 0 Å². The Kier molecular flexibility index (Phi) is 3.86. The summed E-state index contributed by atoms with van der Waals surface area (Å²) in [5.74, 6) is -2.70. The van der Waals surface area contributed by atoms with Gasteiger partial charge in [0.1, 0.15) is 0 Å². The van der Waals surface area contributed by atoms with Crippen LogP contribution in [0.4, 0.5) is 0 Å². The highest BCUT2D eigenvalue weighted by molar-refractivity contribution is 8.23. The molecule has 2 nitrogen and oxygen atoms in total. The first-order valence-electron chi connectivity index (χ1n) is 1.95. The summed E-state index contributed by atoms with van der Waals surface area (Å²) in [4.78, 5) is 8.68. The third-order valence-electron chi connectivity index (χ3n) is 0.431. The van der Waals surface area contributed by atoms with Crippen molar-refractivity contribution in [2.75, 3.05) is 6.54 Å². The summed E-state index contributed by atoms with van der Waals surface area (Å²) >= 11 is 9.66. The largest absolute Gasteiger partial charge is 0.343 e. The molecule has 0 aliphatic carbocycles. The molecule has 0 saturated heterocycles. The zero-order valence-corrected chi connectivity index (χ0v) is 6.64. The lowest BCUT2D eigenvalue weighted by molar-refractivity contribution is 0.625. The number of hydrogen-bond acceptors (Lipinski definition) is 1. The number of rotatable bonds is 3. The van der Waals surface area contributed by atoms with Crippen molar-refractivity contribution in [3.8, 4) is 0 Å². The summed E-state index contributed by atoms with van der Waals surface area (Å²) in [6, 6.07) is 0. The smallest absolute Gasteiger partial charge is 0.216 e. The molecule has 0 heterocycles. The molecule has 2 N–H and O–H groups in total. The molecule has 0 aromatic carbocycles. The minimum Gasteiger partial charge on any atom is -0.343 e. The summed E-state index contributed by atoms with van der Waals surface area (Å²) in [6.45, 7) is 3.86. The van der Waals surface area contributed by atoms with E-state index in [1.165, 1.54) is 0 Å². The molecule has 0 aromatic rings. The van der Waals surface area contributed by atoms with E-state index in [4.69, 9.17) is 16.1 Å². The maximum Gasteiger partial charge on any atom is 0.216 e. The Hall–Kier alpha value is 0.600. The van der Waals surface area contributed by atoms with Crippen molar-refractivity contribution < 1.29 is 4.89 Å². The van der Waals surface area contributed by atoms with E-state index in [-0.39, 0.29) is 0 Å². The molecule has 8 heavy (non-hydrogen) atoms. The SMILES string of the molecule is C=CCNP(O)(=S)Cl. The Morgan fingerprint density at radius 1 is 2.00 bits per heavy atom. The van der Waals surface area contributed by atoms with Gasteiger partial charge in [0, 0.05) is 6.54 Å². The molecule has 0 amide bonds. The van der Waals surface area contributed by atoms with Crippen LogP contribution in [-0.2, 0) is 11.8 Å². The van der Waals surface area contributed by atoms with Crippen LogP contribution < -0.4 is 5.09 Å². The van der Waals surface area contributed by atoms with Crippen molar-refractivity contribution in [3.05, 3.63) is 12.7 Å². The van der Waals surface area contributed by atoms with Crippen LogP contribution in [0.3, 0.4) is 0 Å². The lowest BCUT2D eigenvalue weighted by Gasteiger charge is -2.03. The number of halogens is 1. The molecule has 0 spiro atoms. The van der Waals surface area contributed by atoms with Gasteiger partial charge in [-0.2, -0.15) is 0 Å². The highest BCUT2D eigenvalue weighted by atomic mass is 35.7. The maximum absolute atomic E-state index is 8.68. The van der Waals surface area contributed by atoms with E-state index in [1.54, 1.807) is 6.08 Å². The molecule has 5 heteroatoms. The Labute approximate surface area is 58.5 Å². The Bertz CT molecular complexity index is 122. The number of nitrogens with one attached hydrogen (secondary N) is 1. The molecule has 48 valence electrons. The first kappa shape index (κ1) is 8.60. The van der Waals surface area contributed by atoms with Gasteiger partial charge in [-0.05, 0) is 23.0 Å². The van der Waals surface area contributed by atoms with Gasteiger partial charge in [0.2, 0.25) is 5.77 Å². The van der Waals surface area contributed by atoms with Crippen LogP contribution in [0.15, 0.2) is 12.7 Å². The van der Waals surface area contributed by atoms with Crippen molar-refractivity contribution in [2.45, 2.75) is 0 Å². The lowest BCUT2D eigenvalue weighted by atomic mass is 10.7. The Morgan fingerprint density at radius 3 is 2.62 bits per heavy atom. The summed E-state index contributed by atoms with van der Waals surface area (Å²) in [5.41, 5.74) is 0. The molecule has 0 aliphatic heterocycles. The second kappa shape index (κ2) is 3.59. The first-order chi connectivity index (χ1) is 3.56. The zero-order chi connectivity index (χ0) is 6.62. The van der Waals surface area contributed by atoms with Crippen LogP contribution in [0.5, 0.6) is 0 Å². The molecule has 0 bridgehead atoms. The van der Waals surface area contributed by atoms with E-state index in [2.05, 4.69) is 23.5 Å². The molecule has 0 rings (SSSR count). The second-order valence-corrected chi connectivity index (χ2v) is 6.13. The summed E-state index contributed by atoms with van der Waals surface area (Å²) in [6.07, 6.45) is 1.58. The normalized spacial score (nSPS) is 17.2. The predicted octanol–water partition coefficient (Wildman–Crippen LogP) is 1.22. The van der Waals surface area contributed by atoms with Gasteiger partial charge in [-0.1, -0.05) is 6.08 Å². The van der Waals surface area contributed by atoms with Gasteiger partial charge in [-0.3, -0.25) is 5.09 Å². The van der Waals surface area contributed by atoms with Gasteiger partial charge in [-0.15, -0.1) is 6.58 Å². The van der Waals surface area contributed by atoms with Crippen molar-refractivity contribution in [1.29, 1.82) is 0 Å². The van der Waals surface area contributed by atoms with E-state index >= 15 is 0 Å². The van der Waals surface area contributed by atoms with Crippen LogP contribution in [0.2, 0.25) is 0 Å². The molecule has 0 aromatic heterocycles. The van der Waals surface area contributed by atoms with Crippen LogP contribution in [-0.4, -0.2) is 11.4 Å². The Morgan fingerprint density at radius 2 is 2.50 bits per heavy atom. The van der Waals surface area contributed by atoms with Gasteiger partial charge >= 0.3 is 0 Å². The van der Waals surface area contributed by atoms with Crippen molar-refractivity contribution in [2.24, 2.45) is 0 Å². The quantitative estimate of drug-likeness (QED) is 0.495. The summed E-state index contributed by atoms with van der Waals surface area (Å²) < 4.78 is 0. The van der Waals surface area contributed by atoms with Gasteiger partial charge in [0.05, 0.1) is 0 Å². The third-order valence-corrected chi connectivity index (χ3v) is 1.75. The molecule has 0 fully saturated rings. The minimum atomic E-state index is -2.70. The minimum absolute atomic E-state index is 0.456. The monoisotopic (exact) mass is 171 g/mol. The van der Waals surface area contributed by atoms with E-state index in [0.717, 1.165) is 0 Å². The predicted molar refractivity (Wildman–Crippen MR) is 40.6 cm³/mol. The third kappa shape index (κ3) is 6.60. The fourth-order valence-corrected chi connectivity index (χ4v) is 0.962. The highest BCUT2D eigenvalue weighted by Crippen LogP contribution is 2.40. The van der Waals surface area contributed by atoms with E-state index < -0.39 is 5.77 Å². The van der Waals surface area contributed by atoms with Crippen LogP contribution in [0.1, 0.15) is 0 Å². The van der Waals surface area contributed by atoms with Crippen molar-refractivity contribution in [3.63, 3.8) is 0 Å². The molecule has 0 radical (unpaired) electrons.